The van der Waals surface area contributed by atoms with Gasteiger partial charge in [-0.3, -0.25) is 0 Å². The van der Waals surface area contributed by atoms with Gasteiger partial charge in [-0.05, 0) is 31.8 Å². The van der Waals surface area contributed by atoms with Gasteiger partial charge in [0.2, 0.25) is 0 Å². The molecule has 3 unspecified atom stereocenters. The van der Waals surface area contributed by atoms with Gasteiger partial charge in [0.05, 0.1) is 6.33 Å². The van der Waals surface area contributed by atoms with Crippen molar-refractivity contribution in [2.45, 2.75) is 25.3 Å². The molecule has 3 atom stereocenters. The van der Waals surface area contributed by atoms with Crippen LogP contribution in [0, 0.1) is 5.92 Å². The van der Waals surface area contributed by atoms with E-state index >= 15 is 0 Å². The van der Waals surface area contributed by atoms with Crippen LogP contribution in [0.25, 0.3) is 0 Å². The van der Waals surface area contributed by atoms with Crippen molar-refractivity contribution < 1.29 is 0 Å². The number of nitrogens with zero attached hydrogens (tertiary/aromatic N) is 2. The number of piperidine rings is 1. The molecule has 1 aromatic rings. The Kier molecular flexibility index (Phi) is 2.93. The number of hydrogen-bond acceptors (Lipinski definition) is 3. The molecule has 16 heavy (non-hydrogen) atoms. The molecule has 1 aromatic heterocycles. The maximum atomic E-state index is 4.04. The molecule has 2 fully saturated rings. The highest BCUT2D eigenvalue weighted by Crippen LogP contribution is 2.26. The summed E-state index contributed by atoms with van der Waals surface area (Å²) in [5.74, 6) is 0.899. The van der Waals surface area contributed by atoms with Crippen molar-refractivity contribution in [2.24, 2.45) is 5.92 Å². The lowest BCUT2D eigenvalue weighted by molar-refractivity contribution is 0.222. The Balaban J connectivity index is 1.45. The summed E-state index contributed by atoms with van der Waals surface area (Å²) in [5.41, 5.74) is 1.23. The highest BCUT2D eigenvalue weighted by atomic mass is 15.2. The van der Waals surface area contributed by atoms with Gasteiger partial charge in [-0.25, -0.2) is 4.98 Å². The van der Waals surface area contributed by atoms with Gasteiger partial charge in [0.15, 0.2) is 0 Å². The first-order valence-corrected chi connectivity index (χ1v) is 6.35. The minimum absolute atomic E-state index is 0.752. The van der Waals surface area contributed by atoms with Crippen LogP contribution in [0.4, 0.5) is 0 Å². The largest absolute Gasteiger partial charge is 0.348 e. The smallest absolute Gasteiger partial charge is 0.0921 e. The normalized spacial score (nSPS) is 33.1. The zero-order valence-corrected chi connectivity index (χ0v) is 9.65. The maximum Gasteiger partial charge on any atom is 0.0921 e. The van der Waals surface area contributed by atoms with Gasteiger partial charge in [-0.2, -0.15) is 0 Å². The molecule has 2 aliphatic rings. The highest BCUT2D eigenvalue weighted by molar-refractivity contribution is 4.96. The average molecular weight is 220 g/mol. The second-order valence-corrected chi connectivity index (χ2v) is 5.03. The molecule has 3 rings (SSSR count). The number of H-pyrrole nitrogens is 1. The maximum absolute atomic E-state index is 4.04. The topological polar surface area (TPSA) is 44.0 Å². The molecule has 0 spiro atoms. The van der Waals surface area contributed by atoms with Crippen LogP contribution in [0.3, 0.4) is 0 Å². The van der Waals surface area contributed by atoms with E-state index in [1.807, 2.05) is 6.20 Å². The summed E-state index contributed by atoms with van der Waals surface area (Å²) in [6, 6.07) is 0.752. The van der Waals surface area contributed by atoms with Gasteiger partial charge < -0.3 is 15.2 Å². The predicted octanol–water partition coefficient (Wildman–Crippen LogP) is 0.636. The van der Waals surface area contributed by atoms with Gasteiger partial charge >= 0.3 is 0 Å². The lowest BCUT2D eigenvalue weighted by Crippen LogP contribution is -2.44. The number of rotatable bonds is 4. The summed E-state index contributed by atoms with van der Waals surface area (Å²) in [6.07, 6.45) is 7.45. The Morgan fingerprint density at radius 1 is 1.44 bits per heavy atom. The van der Waals surface area contributed by atoms with Crippen molar-refractivity contribution >= 4 is 0 Å². The molecule has 4 nitrogen and oxygen atoms in total. The molecule has 2 saturated heterocycles. The van der Waals surface area contributed by atoms with E-state index in [9.17, 15) is 0 Å². The van der Waals surface area contributed by atoms with E-state index in [1.165, 1.54) is 38.2 Å². The van der Waals surface area contributed by atoms with Crippen molar-refractivity contribution in [3.05, 3.63) is 18.2 Å². The first kappa shape index (κ1) is 10.3. The molecule has 0 amide bonds. The standard InChI is InChI=1S/C12H20N4/c1(11-7-13-9-15-11)4-14-12-3-6-16-5-2-10(12)8-16/h7,9-10,12,14H,1-6,8H2,(H,13,15). The zero-order valence-electron chi connectivity index (χ0n) is 9.65. The molecule has 0 radical (unpaired) electrons. The fraction of sp³-hybridized carbons (Fsp3) is 0.750. The van der Waals surface area contributed by atoms with Gasteiger partial charge in [-0.15, -0.1) is 0 Å². The second kappa shape index (κ2) is 4.55. The van der Waals surface area contributed by atoms with Crippen LogP contribution in [0.15, 0.2) is 12.5 Å². The molecule has 3 heterocycles. The Hall–Kier alpha value is -0.870. The van der Waals surface area contributed by atoms with Crippen LogP contribution in [-0.2, 0) is 6.42 Å². The summed E-state index contributed by atoms with van der Waals surface area (Å²) >= 11 is 0. The van der Waals surface area contributed by atoms with Crippen LogP contribution in [0.2, 0.25) is 0 Å². The van der Waals surface area contributed by atoms with Crippen molar-refractivity contribution in [3.8, 4) is 0 Å². The third-order valence-electron chi connectivity index (χ3n) is 3.99. The molecule has 2 bridgehead atoms. The number of fused-ring (bicyclic) bond motifs is 2. The van der Waals surface area contributed by atoms with Gasteiger partial charge in [0, 0.05) is 37.4 Å². The van der Waals surface area contributed by atoms with Crippen molar-refractivity contribution in [1.29, 1.82) is 0 Å². The van der Waals surface area contributed by atoms with Crippen molar-refractivity contribution in [2.75, 3.05) is 26.2 Å². The molecule has 2 N–H and O–H groups in total. The molecule has 0 aromatic carbocycles. The lowest BCUT2D eigenvalue weighted by atomic mass is 9.94. The van der Waals surface area contributed by atoms with E-state index in [-0.39, 0.29) is 0 Å². The van der Waals surface area contributed by atoms with Gasteiger partial charge in [0.1, 0.15) is 0 Å². The van der Waals surface area contributed by atoms with Crippen molar-refractivity contribution in [3.63, 3.8) is 0 Å². The Labute approximate surface area is 96.4 Å². The van der Waals surface area contributed by atoms with Crippen LogP contribution >= 0.6 is 0 Å². The molecule has 0 saturated carbocycles. The summed E-state index contributed by atoms with van der Waals surface area (Å²) in [5, 5.41) is 3.71. The third-order valence-corrected chi connectivity index (χ3v) is 3.99. The average Bonchev–Trinajstić information content (AvgIpc) is 2.92. The molecular weight excluding hydrogens is 200 g/mol. The number of hydrogen-bond donors (Lipinski definition) is 2. The number of nitrogens with one attached hydrogen (secondary N) is 2. The Bertz CT molecular complexity index is 322. The number of aromatic nitrogens is 2. The fourth-order valence-corrected chi connectivity index (χ4v) is 3.03. The SMILES string of the molecule is c1ncc(CCNC2CCN3CCC2C3)[nH]1. The predicted molar refractivity (Wildman–Crippen MR) is 63.2 cm³/mol. The number of aromatic amines is 1. The molecule has 88 valence electrons. The minimum Gasteiger partial charge on any atom is -0.348 e. The van der Waals surface area contributed by atoms with E-state index in [4.69, 9.17) is 0 Å². The second-order valence-electron chi connectivity index (χ2n) is 5.03. The van der Waals surface area contributed by atoms with E-state index in [0.29, 0.717) is 0 Å². The van der Waals surface area contributed by atoms with Crippen LogP contribution < -0.4 is 5.32 Å². The quantitative estimate of drug-likeness (QED) is 0.782. The Morgan fingerprint density at radius 3 is 3.25 bits per heavy atom. The molecule has 2 aliphatic heterocycles. The molecule has 4 heteroatoms. The minimum atomic E-state index is 0.752. The number of imidazole rings is 1. The van der Waals surface area contributed by atoms with E-state index in [0.717, 1.165) is 24.9 Å². The summed E-state index contributed by atoms with van der Waals surface area (Å²) in [6.45, 7) is 5.01. The summed E-state index contributed by atoms with van der Waals surface area (Å²) in [4.78, 5) is 9.78. The summed E-state index contributed by atoms with van der Waals surface area (Å²) in [7, 11) is 0. The van der Waals surface area contributed by atoms with Crippen molar-refractivity contribution in [1.82, 2.24) is 20.2 Å². The van der Waals surface area contributed by atoms with Crippen LogP contribution in [0.5, 0.6) is 0 Å². The van der Waals surface area contributed by atoms with Crippen LogP contribution in [0.1, 0.15) is 18.5 Å². The molecule has 0 aliphatic carbocycles. The first-order chi connectivity index (χ1) is 7.92. The van der Waals surface area contributed by atoms with Gasteiger partial charge in [-0.1, -0.05) is 0 Å². The lowest BCUT2D eigenvalue weighted by Gasteiger charge is -2.31. The first-order valence-electron chi connectivity index (χ1n) is 6.35. The van der Waals surface area contributed by atoms with E-state index < -0.39 is 0 Å². The Morgan fingerprint density at radius 2 is 2.38 bits per heavy atom. The van der Waals surface area contributed by atoms with E-state index in [2.05, 4.69) is 20.2 Å². The fourth-order valence-electron chi connectivity index (χ4n) is 3.03. The highest BCUT2D eigenvalue weighted by Gasteiger charge is 2.33. The zero-order chi connectivity index (χ0) is 10.8. The summed E-state index contributed by atoms with van der Waals surface area (Å²) < 4.78 is 0. The molecular formula is C12H20N4. The monoisotopic (exact) mass is 220 g/mol. The van der Waals surface area contributed by atoms with E-state index in [1.54, 1.807) is 6.33 Å². The van der Waals surface area contributed by atoms with Crippen LogP contribution in [-0.4, -0.2) is 47.1 Å². The third kappa shape index (κ3) is 2.13. The van der Waals surface area contributed by atoms with Gasteiger partial charge in [0.25, 0.3) is 0 Å².